The molecule has 1 aliphatic heterocycles. The smallest absolute Gasteiger partial charge is 0.466 e. The summed E-state index contributed by atoms with van der Waals surface area (Å²) in [6, 6.07) is 11.2. The van der Waals surface area contributed by atoms with Gasteiger partial charge in [0, 0.05) is 4.47 Å². The monoisotopic (exact) mass is 1070 g/mol. The van der Waals surface area contributed by atoms with Crippen LogP contribution in [0.4, 0.5) is 35.1 Å². The maximum Gasteiger partial charge on any atom is 0.494 e. The fourth-order valence-corrected chi connectivity index (χ4v) is 7.68. The highest BCUT2D eigenvalue weighted by molar-refractivity contribution is 9.10. The summed E-state index contributed by atoms with van der Waals surface area (Å²) >= 11 is 3.21. The molecule has 0 unspecified atom stereocenters. The van der Waals surface area contributed by atoms with Gasteiger partial charge in [-0.25, -0.2) is 8.78 Å². The molecule has 18 heteroatoms. The fraction of sp³-hybridized carbons (Fsp3) is 0.480. The topological polar surface area (TPSA) is 71.1 Å². The third-order valence-electron chi connectivity index (χ3n) is 11.6. The molecule has 0 N–H and O–H groups in total. The number of halogens is 9. The molecule has 1 aliphatic rings. The molecule has 1 heterocycles. The SMILES string of the molecule is CCOC(=O)C[C@H](C)c1cc(-c2c(C)cc(C(F)(F)F)cc2C)cc(C)c1F.CCOC(=O)C[C@H](C)c1cc(B2OC(C)(C)C(C)(C)O2)cc(C)c1F.Cc1cc(C(F)(F)F)cc(C)c1Br.S.S. The molecule has 0 bridgehead atoms. The summed E-state index contributed by atoms with van der Waals surface area (Å²) in [6.07, 6.45) is -8.52. The van der Waals surface area contributed by atoms with Crippen LogP contribution in [0.25, 0.3) is 11.1 Å². The van der Waals surface area contributed by atoms with Gasteiger partial charge in [0.2, 0.25) is 0 Å². The number of aryl methyl sites for hydroxylation is 6. The van der Waals surface area contributed by atoms with Crippen molar-refractivity contribution in [3.63, 3.8) is 0 Å². The number of benzene rings is 4. The van der Waals surface area contributed by atoms with E-state index in [4.69, 9.17) is 18.8 Å². The van der Waals surface area contributed by atoms with E-state index in [0.29, 0.717) is 62.2 Å². The molecule has 0 spiro atoms. The molecule has 2 atom stereocenters. The van der Waals surface area contributed by atoms with Gasteiger partial charge >= 0.3 is 31.4 Å². The molecule has 0 radical (unpaired) electrons. The maximum absolute atomic E-state index is 14.7. The van der Waals surface area contributed by atoms with E-state index in [9.17, 15) is 44.7 Å². The van der Waals surface area contributed by atoms with E-state index in [2.05, 4.69) is 15.9 Å². The summed E-state index contributed by atoms with van der Waals surface area (Å²) in [6.45, 7) is 25.3. The summed E-state index contributed by atoms with van der Waals surface area (Å²) in [5.41, 5.74) is 3.67. The summed E-state index contributed by atoms with van der Waals surface area (Å²) < 4.78 is 128. The van der Waals surface area contributed by atoms with Crippen molar-refractivity contribution in [2.75, 3.05) is 13.2 Å². The molecule has 0 saturated carbocycles. The zero-order valence-electron chi connectivity index (χ0n) is 41.0. The Kier molecular flexibility index (Phi) is 23.0. The Morgan fingerprint density at radius 1 is 0.603 bits per heavy atom. The lowest BCUT2D eigenvalue weighted by Gasteiger charge is -2.32. The number of esters is 2. The molecule has 0 aromatic heterocycles. The Morgan fingerprint density at radius 2 is 0.956 bits per heavy atom. The van der Waals surface area contributed by atoms with E-state index in [1.807, 2.05) is 34.6 Å². The Bertz CT molecular complexity index is 2330. The zero-order chi connectivity index (χ0) is 50.4. The number of alkyl halides is 6. The second-order valence-electron chi connectivity index (χ2n) is 17.8. The highest BCUT2D eigenvalue weighted by Gasteiger charge is 2.52. The van der Waals surface area contributed by atoms with Crippen molar-refractivity contribution in [1.29, 1.82) is 0 Å². The Labute approximate surface area is 418 Å². The summed E-state index contributed by atoms with van der Waals surface area (Å²) in [5.74, 6) is -2.17. The van der Waals surface area contributed by atoms with E-state index >= 15 is 0 Å². The predicted octanol–water partition coefficient (Wildman–Crippen LogP) is 14.3. The second kappa shape index (κ2) is 25.0. The minimum atomic E-state index is -4.42. The van der Waals surface area contributed by atoms with Gasteiger partial charge in [0.1, 0.15) is 11.6 Å². The first-order valence-corrected chi connectivity index (χ1v) is 22.3. The molecule has 4 aromatic rings. The first-order valence-electron chi connectivity index (χ1n) is 21.6. The van der Waals surface area contributed by atoms with E-state index in [-0.39, 0.29) is 64.1 Å². The van der Waals surface area contributed by atoms with Crippen LogP contribution < -0.4 is 5.46 Å². The third-order valence-corrected chi connectivity index (χ3v) is 12.9. The quantitative estimate of drug-likeness (QED) is 0.0895. The number of rotatable bonds is 10. The summed E-state index contributed by atoms with van der Waals surface area (Å²) in [7, 11) is -0.558. The molecule has 378 valence electrons. The van der Waals surface area contributed by atoms with Crippen LogP contribution in [0.5, 0.6) is 0 Å². The van der Waals surface area contributed by atoms with Gasteiger partial charge < -0.3 is 18.8 Å². The van der Waals surface area contributed by atoms with Crippen molar-refractivity contribution < 1.29 is 63.5 Å². The molecule has 0 amide bonds. The van der Waals surface area contributed by atoms with Crippen molar-refractivity contribution in [3.05, 3.63) is 120 Å². The lowest BCUT2D eigenvalue weighted by Crippen LogP contribution is -2.41. The predicted molar refractivity (Wildman–Crippen MR) is 267 cm³/mol. The van der Waals surface area contributed by atoms with E-state index < -0.39 is 59.5 Å². The molecule has 1 saturated heterocycles. The molecule has 4 aromatic carbocycles. The van der Waals surface area contributed by atoms with Crippen LogP contribution >= 0.6 is 42.9 Å². The standard InChI is InChI=1S/C22H24F4O2.C19H28BFO4.C9H8BrF3.2H2S/c1-6-28-19(27)10-12(2)18-11-16(7-15(5)21(18)23)20-13(3)8-17(9-14(20)4)22(24,25)26;1-8-23-16(22)10-12(2)15-11-14(9-13(3)17(15)21)20-24-18(4,5)19(6,7)25-20;1-5-3-7(9(11,12)13)4-6(2)8(5)10;;/h7-9,11-12H,6,10H2,1-5H3;9,11-12H,8,10H2,1-7H3;3-4H,1-2H3;2*1H2/t2*12-;;;/m00.../s1. The maximum atomic E-state index is 14.7. The number of carbonyl (C=O) groups excluding carboxylic acids is 2. The van der Waals surface area contributed by atoms with Gasteiger partial charge in [-0.1, -0.05) is 41.9 Å². The van der Waals surface area contributed by atoms with Gasteiger partial charge in [-0.15, -0.1) is 0 Å². The van der Waals surface area contributed by atoms with Crippen LogP contribution in [-0.2, 0) is 40.7 Å². The van der Waals surface area contributed by atoms with Crippen molar-refractivity contribution in [2.45, 2.75) is 145 Å². The average Bonchev–Trinajstić information content (AvgIpc) is 3.41. The minimum absolute atomic E-state index is 0. The van der Waals surface area contributed by atoms with Crippen molar-refractivity contribution in [2.24, 2.45) is 0 Å². The molecular weight excluding hydrogens is 1000 g/mol. The van der Waals surface area contributed by atoms with Crippen molar-refractivity contribution in [3.8, 4) is 11.1 Å². The van der Waals surface area contributed by atoms with Gasteiger partial charge in [-0.3, -0.25) is 9.59 Å². The summed E-state index contributed by atoms with van der Waals surface area (Å²) in [4.78, 5) is 23.5. The highest BCUT2D eigenvalue weighted by Crippen LogP contribution is 2.39. The second-order valence-corrected chi connectivity index (χ2v) is 18.5. The molecule has 68 heavy (non-hydrogen) atoms. The Morgan fingerprint density at radius 3 is 1.32 bits per heavy atom. The van der Waals surface area contributed by atoms with Crippen LogP contribution in [0, 0.1) is 53.2 Å². The first kappa shape index (κ1) is 62.4. The number of ether oxygens (including phenoxy) is 2. The first-order chi connectivity index (χ1) is 30.3. The lowest BCUT2D eigenvalue weighted by atomic mass is 9.76. The van der Waals surface area contributed by atoms with Crippen molar-refractivity contribution >= 4 is 67.4 Å². The van der Waals surface area contributed by atoms with Crippen LogP contribution in [-0.4, -0.2) is 43.5 Å². The van der Waals surface area contributed by atoms with Gasteiger partial charge in [0.25, 0.3) is 0 Å². The molecule has 1 fully saturated rings. The number of carbonyl (C=O) groups is 2. The Balaban J connectivity index is 0.000000532. The molecule has 0 aliphatic carbocycles. The van der Waals surface area contributed by atoms with Gasteiger partial charge in [-0.2, -0.15) is 53.3 Å². The van der Waals surface area contributed by atoms with E-state index in [0.717, 1.165) is 34.2 Å². The summed E-state index contributed by atoms with van der Waals surface area (Å²) in [5, 5.41) is 0. The van der Waals surface area contributed by atoms with Gasteiger partial charge in [0.05, 0.1) is 48.4 Å². The zero-order valence-corrected chi connectivity index (χ0v) is 44.6. The van der Waals surface area contributed by atoms with Crippen molar-refractivity contribution in [1.82, 2.24) is 0 Å². The average molecular weight is 1070 g/mol. The molecule has 5 rings (SSSR count). The fourth-order valence-electron chi connectivity index (χ4n) is 7.45. The minimum Gasteiger partial charge on any atom is -0.466 e. The normalized spacial score (nSPS) is 14.8. The van der Waals surface area contributed by atoms with Gasteiger partial charge in [-0.05, 0) is 192 Å². The van der Waals surface area contributed by atoms with Crippen LogP contribution in [0.3, 0.4) is 0 Å². The van der Waals surface area contributed by atoms with Crippen LogP contribution in [0.2, 0.25) is 0 Å². The van der Waals surface area contributed by atoms with Crippen LogP contribution in [0.1, 0.15) is 136 Å². The van der Waals surface area contributed by atoms with Crippen LogP contribution in [0.15, 0.2) is 53.0 Å². The van der Waals surface area contributed by atoms with E-state index in [1.165, 1.54) is 0 Å². The number of hydrogen-bond donors (Lipinski definition) is 0. The molecule has 6 nitrogen and oxygen atoms in total. The lowest BCUT2D eigenvalue weighted by molar-refractivity contribution is -0.144. The highest BCUT2D eigenvalue weighted by atomic mass is 79.9. The van der Waals surface area contributed by atoms with E-state index in [1.54, 1.807) is 86.6 Å². The third kappa shape index (κ3) is 16.0. The largest absolute Gasteiger partial charge is 0.494 e. The Hall–Kier alpha value is -3.58. The number of hydrogen-bond acceptors (Lipinski definition) is 6. The molecular formula is C50H64BBrF8O6S2. The van der Waals surface area contributed by atoms with Gasteiger partial charge in [0.15, 0.2) is 0 Å².